The molecule has 2 heterocycles. The Balaban J connectivity index is 1.62. The van der Waals surface area contributed by atoms with E-state index in [9.17, 15) is 4.79 Å². The van der Waals surface area contributed by atoms with Crippen molar-refractivity contribution in [2.24, 2.45) is 0 Å². The third kappa shape index (κ3) is 3.69. The van der Waals surface area contributed by atoms with E-state index >= 15 is 0 Å². The van der Waals surface area contributed by atoms with Crippen molar-refractivity contribution in [2.75, 3.05) is 37.6 Å². The van der Waals surface area contributed by atoms with Gasteiger partial charge in [0.2, 0.25) is 5.91 Å². The Hall–Kier alpha value is -0.420. The van der Waals surface area contributed by atoms with Crippen molar-refractivity contribution in [3.05, 3.63) is 33.3 Å². The molecule has 2 saturated heterocycles. The van der Waals surface area contributed by atoms with Crippen LogP contribution < -0.4 is 0 Å². The molecule has 3 aliphatic rings. The first kappa shape index (κ1) is 10.8. The molecule has 6 heteroatoms. The standard InChI is InChI=1S/C19H24Cl2N2OS/c20-17-9-13-3-4-15(16(13)10-18(17)21)19(24)23-7-8-25-12-14(23)11-22-5-1-2-6-22/h9-10,14-15H,1-8,11-12H2/t14-,15+/m1/s1/i1D2,2D2,5D2,6D2. The third-order valence-corrected chi connectivity index (χ3v) is 6.72. The highest BCUT2D eigenvalue weighted by atomic mass is 35.5. The van der Waals surface area contributed by atoms with E-state index in [0.717, 1.165) is 11.1 Å². The van der Waals surface area contributed by atoms with E-state index in [-0.39, 0.29) is 12.5 Å². The minimum absolute atomic E-state index is 0.163. The van der Waals surface area contributed by atoms with Gasteiger partial charge < -0.3 is 9.80 Å². The summed E-state index contributed by atoms with van der Waals surface area (Å²) in [6.07, 6.45) is -4.91. The van der Waals surface area contributed by atoms with Crippen molar-refractivity contribution in [3.8, 4) is 0 Å². The number of aryl methyl sites for hydroxylation is 1. The number of likely N-dealkylation sites (tertiary alicyclic amines) is 1. The molecular formula is C19H24Cl2N2OS. The summed E-state index contributed by atoms with van der Waals surface area (Å²) < 4.78 is 65.1. The van der Waals surface area contributed by atoms with Gasteiger partial charge in [-0.15, -0.1) is 0 Å². The van der Waals surface area contributed by atoms with Gasteiger partial charge in [-0.1, -0.05) is 23.2 Å². The van der Waals surface area contributed by atoms with Crippen LogP contribution in [0, 0.1) is 0 Å². The van der Waals surface area contributed by atoms with Crippen LogP contribution in [0.2, 0.25) is 10.0 Å². The number of hydrogen-bond donors (Lipinski definition) is 0. The summed E-state index contributed by atoms with van der Waals surface area (Å²) in [5, 5.41) is 0.793. The summed E-state index contributed by atoms with van der Waals surface area (Å²) in [5.74, 6) is 0.487. The van der Waals surface area contributed by atoms with Gasteiger partial charge in [0.15, 0.2) is 0 Å². The summed E-state index contributed by atoms with van der Waals surface area (Å²) in [6, 6.07) is 2.88. The number of rotatable bonds is 3. The summed E-state index contributed by atoms with van der Waals surface area (Å²) in [7, 11) is 0. The Kier molecular flexibility index (Phi) is 3.31. The number of carbonyl (C=O) groups is 1. The normalized spacial score (nSPS) is 39.7. The molecule has 4 rings (SSSR count). The summed E-state index contributed by atoms with van der Waals surface area (Å²) in [4.78, 5) is 15.8. The van der Waals surface area contributed by atoms with Crippen LogP contribution in [-0.2, 0) is 11.2 Å². The van der Waals surface area contributed by atoms with E-state index in [4.69, 9.17) is 34.2 Å². The van der Waals surface area contributed by atoms with Gasteiger partial charge in [-0.3, -0.25) is 4.79 Å². The second kappa shape index (κ2) is 7.67. The van der Waals surface area contributed by atoms with Gasteiger partial charge in [-0.05, 0) is 61.8 Å². The Labute approximate surface area is 175 Å². The van der Waals surface area contributed by atoms with Crippen LogP contribution in [0.1, 0.15) is 47.2 Å². The SMILES string of the molecule is [2H]C1([2H])N(C[C@@H]2CSCCN2C(=O)[C@H]2CCc3cc(Cl)c(Cl)cc32)C([2H])([2H])C([2H])([2H])C1([2H])[2H]. The van der Waals surface area contributed by atoms with E-state index in [2.05, 4.69) is 0 Å². The van der Waals surface area contributed by atoms with Crippen molar-refractivity contribution in [2.45, 2.75) is 37.5 Å². The molecule has 0 spiro atoms. The lowest BCUT2D eigenvalue weighted by Gasteiger charge is -2.39. The zero-order chi connectivity index (χ0) is 24.6. The van der Waals surface area contributed by atoms with Gasteiger partial charge in [0.05, 0.1) is 22.0 Å². The van der Waals surface area contributed by atoms with E-state index in [1.807, 2.05) is 0 Å². The van der Waals surface area contributed by atoms with Gasteiger partial charge in [-0.2, -0.15) is 11.8 Å². The van der Waals surface area contributed by atoms with Gasteiger partial charge in [0.25, 0.3) is 0 Å². The lowest BCUT2D eigenvalue weighted by molar-refractivity contribution is -0.135. The number of benzene rings is 1. The second-order valence-electron chi connectivity index (χ2n) is 6.40. The number of hydrogen-bond acceptors (Lipinski definition) is 3. The second-order valence-corrected chi connectivity index (χ2v) is 8.37. The van der Waals surface area contributed by atoms with Crippen LogP contribution in [-0.4, -0.2) is 59.3 Å². The minimum Gasteiger partial charge on any atom is -0.336 e. The quantitative estimate of drug-likeness (QED) is 0.755. The van der Waals surface area contributed by atoms with Crippen molar-refractivity contribution < 1.29 is 15.8 Å². The molecule has 2 fully saturated rings. The Morgan fingerprint density at radius 3 is 2.84 bits per heavy atom. The lowest BCUT2D eigenvalue weighted by atomic mass is 9.99. The molecule has 2 atom stereocenters. The maximum atomic E-state index is 13.6. The van der Waals surface area contributed by atoms with Crippen molar-refractivity contribution >= 4 is 40.9 Å². The molecule has 136 valence electrons. The molecule has 1 amide bonds. The maximum Gasteiger partial charge on any atom is 0.230 e. The number of thioether (sulfide) groups is 1. The van der Waals surface area contributed by atoms with Crippen LogP contribution >= 0.6 is 35.0 Å². The van der Waals surface area contributed by atoms with Crippen LogP contribution in [0.25, 0.3) is 0 Å². The predicted molar refractivity (Wildman–Crippen MR) is 106 cm³/mol. The monoisotopic (exact) mass is 406 g/mol. The predicted octanol–water partition coefficient (Wildman–Crippen LogP) is 4.06. The average molecular weight is 407 g/mol. The van der Waals surface area contributed by atoms with E-state index in [1.54, 1.807) is 28.8 Å². The van der Waals surface area contributed by atoms with Crippen LogP contribution in [0.3, 0.4) is 0 Å². The molecule has 0 aromatic heterocycles. The average Bonchev–Trinajstić information content (AvgIpc) is 3.15. The zero-order valence-electron chi connectivity index (χ0n) is 21.5. The molecule has 1 aromatic rings. The highest BCUT2D eigenvalue weighted by Crippen LogP contribution is 2.39. The Morgan fingerprint density at radius 1 is 1.28 bits per heavy atom. The number of carbonyl (C=O) groups excluding carboxylic acids is 1. The summed E-state index contributed by atoms with van der Waals surface area (Å²) in [5.41, 5.74) is 1.77. The fourth-order valence-corrected chi connectivity index (χ4v) is 5.08. The molecule has 1 aromatic carbocycles. The van der Waals surface area contributed by atoms with Gasteiger partial charge >= 0.3 is 0 Å². The number of fused-ring (bicyclic) bond motifs is 1. The zero-order valence-corrected chi connectivity index (χ0v) is 15.8. The third-order valence-electron chi connectivity index (χ3n) is 4.91. The Bertz CT molecular complexity index is 953. The molecule has 0 unspecified atom stereocenters. The minimum atomic E-state index is -3.08. The first-order chi connectivity index (χ1) is 15.1. The molecular weight excluding hydrogens is 375 g/mol. The first-order valence-corrected chi connectivity index (χ1v) is 10.2. The fraction of sp³-hybridized carbons (Fsp3) is 0.632. The molecule has 0 saturated carbocycles. The molecule has 2 aliphatic heterocycles. The van der Waals surface area contributed by atoms with Gasteiger partial charge in [-0.25, -0.2) is 0 Å². The molecule has 3 nitrogen and oxygen atoms in total. The Morgan fingerprint density at radius 2 is 2.04 bits per heavy atom. The smallest absolute Gasteiger partial charge is 0.230 e. The van der Waals surface area contributed by atoms with E-state index in [0.29, 0.717) is 45.8 Å². The first-order valence-electron chi connectivity index (χ1n) is 12.3. The number of halogens is 2. The van der Waals surface area contributed by atoms with E-state index < -0.39 is 37.7 Å². The van der Waals surface area contributed by atoms with Gasteiger partial charge in [0, 0.05) is 35.6 Å². The highest BCUT2D eigenvalue weighted by molar-refractivity contribution is 7.99. The van der Waals surface area contributed by atoms with Crippen molar-refractivity contribution in [1.29, 1.82) is 0 Å². The lowest BCUT2D eigenvalue weighted by Crippen LogP contribution is -2.52. The molecule has 0 bridgehead atoms. The number of amides is 1. The summed E-state index contributed by atoms with van der Waals surface area (Å²) >= 11 is 13.9. The van der Waals surface area contributed by atoms with Crippen LogP contribution in [0.4, 0.5) is 0 Å². The maximum absolute atomic E-state index is 13.6. The van der Waals surface area contributed by atoms with E-state index in [1.165, 1.54) is 0 Å². The molecule has 1 aliphatic carbocycles. The fourth-order valence-electron chi connectivity index (χ4n) is 3.67. The molecule has 0 N–H and O–H groups in total. The molecule has 0 radical (unpaired) electrons. The van der Waals surface area contributed by atoms with Gasteiger partial charge in [0.1, 0.15) is 0 Å². The van der Waals surface area contributed by atoms with Crippen LogP contribution in [0.15, 0.2) is 12.1 Å². The van der Waals surface area contributed by atoms with Crippen molar-refractivity contribution in [1.82, 2.24) is 9.80 Å². The van der Waals surface area contributed by atoms with Crippen molar-refractivity contribution in [3.63, 3.8) is 0 Å². The highest BCUT2D eigenvalue weighted by Gasteiger charge is 2.37. The molecule has 25 heavy (non-hydrogen) atoms. The number of nitrogens with zero attached hydrogens (tertiary/aromatic N) is 2. The summed E-state index contributed by atoms with van der Waals surface area (Å²) in [6.45, 7) is -5.73. The topological polar surface area (TPSA) is 23.6 Å². The van der Waals surface area contributed by atoms with Crippen LogP contribution in [0.5, 0.6) is 0 Å². The largest absolute Gasteiger partial charge is 0.336 e.